The third kappa shape index (κ3) is 4.54. The molecule has 1 radical (unpaired) electrons. The summed E-state index contributed by atoms with van der Waals surface area (Å²) in [6, 6.07) is 12.3. The van der Waals surface area contributed by atoms with Crippen molar-refractivity contribution in [2.75, 3.05) is 0 Å². The fourth-order valence-corrected chi connectivity index (χ4v) is 5.25. The fraction of sp³-hybridized carbons (Fsp3) is 0.357. The van der Waals surface area contributed by atoms with Gasteiger partial charge in [0.25, 0.3) is 23.6 Å². The Balaban J connectivity index is 1.41. The van der Waals surface area contributed by atoms with Crippen molar-refractivity contribution in [1.82, 2.24) is 15.2 Å². The lowest BCUT2D eigenvalue weighted by Gasteiger charge is -2.38. The van der Waals surface area contributed by atoms with E-state index in [4.69, 9.17) is 9.68 Å². The van der Waals surface area contributed by atoms with E-state index in [0.29, 0.717) is 34.1 Å². The molecule has 3 fully saturated rings. The quantitative estimate of drug-likeness (QED) is 0.496. The average Bonchev–Trinajstić information content (AvgIpc) is 3.52. The van der Waals surface area contributed by atoms with Gasteiger partial charge in [-0.2, -0.15) is 0 Å². The van der Waals surface area contributed by atoms with Crippen molar-refractivity contribution in [1.29, 1.82) is 0 Å². The molecular weight excluding hydrogens is 522 g/mol. The SMILES string of the molecule is CC1(C)CCC(c2ccc(C(=O)ON3C(=O)CCC3=O)cc2)(c2ccc(C(=O)ON3C(=O)CCC3=O)cc2)N1[O]. The van der Waals surface area contributed by atoms with Gasteiger partial charge in [-0.25, -0.2) is 9.59 Å². The first-order valence-electron chi connectivity index (χ1n) is 12.8. The molecular formula is C28H26N3O9. The summed E-state index contributed by atoms with van der Waals surface area (Å²) in [7, 11) is 0. The molecule has 0 saturated carbocycles. The van der Waals surface area contributed by atoms with E-state index in [2.05, 4.69) is 0 Å². The summed E-state index contributed by atoms with van der Waals surface area (Å²) >= 11 is 0. The molecule has 2 aromatic carbocycles. The second kappa shape index (κ2) is 9.96. The number of benzene rings is 2. The van der Waals surface area contributed by atoms with E-state index in [0.717, 1.165) is 5.06 Å². The van der Waals surface area contributed by atoms with Gasteiger partial charge in [0.2, 0.25) is 0 Å². The van der Waals surface area contributed by atoms with Crippen LogP contribution in [0.2, 0.25) is 0 Å². The summed E-state index contributed by atoms with van der Waals surface area (Å²) in [5.41, 5.74) is -0.531. The van der Waals surface area contributed by atoms with Crippen LogP contribution in [-0.4, -0.2) is 56.3 Å². The van der Waals surface area contributed by atoms with Crippen LogP contribution >= 0.6 is 0 Å². The van der Waals surface area contributed by atoms with Crippen LogP contribution in [-0.2, 0) is 39.6 Å². The minimum Gasteiger partial charge on any atom is -0.325 e. The largest absolute Gasteiger partial charge is 0.363 e. The minimum atomic E-state index is -1.16. The van der Waals surface area contributed by atoms with Crippen LogP contribution in [0.3, 0.4) is 0 Å². The molecule has 207 valence electrons. The van der Waals surface area contributed by atoms with Gasteiger partial charge >= 0.3 is 11.9 Å². The molecule has 0 spiro atoms. The standard InChI is InChI=1S/C28H26N3O9/c1-27(2)15-16-28(31(27)38,19-7-3-17(4-8-19)25(36)39-29-21(32)11-12-22(29)33)20-9-5-18(6-10-20)26(37)40-30-23(34)13-14-24(30)35/h3-10H,11-16H2,1-2H3. The number of hydrogen-bond acceptors (Lipinski definition) is 9. The zero-order valence-corrected chi connectivity index (χ0v) is 21.9. The summed E-state index contributed by atoms with van der Waals surface area (Å²) in [5, 5.41) is 15.7. The maximum atomic E-state index is 13.8. The smallest absolute Gasteiger partial charge is 0.325 e. The van der Waals surface area contributed by atoms with Crippen LogP contribution < -0.4 is 0 Å². The molecule has 3 aliphatic heterocycles. The van der Waals surface area contributed by atoms with Gasteiger partial charge in [-0.05, 0) is 62.1 Å². The number of carbonyl (C=O) groups excluding carboxylic acids is 6. The predicted octanol–water partition coefficient (Wildman–Crippen LogP) is 2.59. The number of hydroxylamine groups is 6. The molecule has 2 aromatic rings. The van der Waals surface area contributed by atoms with E-state index >= 15 is 0 Å². The third-order valence-electron chi connectivity index (χ3n) is 7.55. The summed E-state index contributed by atoms with van der Waals surface area (Å²) in [4.78, 5) is 82.2. The molecule has 0 aromatic heterocycles. The second-order valence-electron chi connectivity index (χ2n) is 10.5. The molecule has 0 aliphatic carbocycles. The highest BCUT2D eigenvalue weighted by molar-refractivity contribution is 6.03. The van der Waals surface area contributed by atoms with Crippen LogP contribution in [0.15, 0.2) is 48.5 Å². The number of hydrogen-bond donors (Lipinski definition) is 0. The van der Waals surface area contributed by atoms with Crippen molar-refractivity contribution in [2.45, 2.75) is 63.5 Å². The molecule has 5 rings (SSSR count). The van der Waals surface area contributed by atoms with Gasteiger partial charge < -0.3 is 9.68 Å². The lowest BCUT2D eigenvalue weighted by atomic mass is 9.81. The van der Waals surface area contributed by atoms with E-state index in [9.17, 15) is 34.0 Å². The van der Waals surface area contributed by atoms with E-state index in [1.54, 1.807) is 24.3 Å². The van der Waals surface area contributed by atoms with Crippen molar-refractivity contribution in [2.24, 2.45) is 0 Å². The Morgan fingerprint density at radius 1 is 0.625 bits per heavy atom. The number of rotatable bonds is 6. The topological polar surface area (TPSA) is 150 Å². The van der Waals surface area contributed by atoms with E-state index in [1.165, 1.54) is 24.3 Å². The van der Waals surface area contributed by atoms with E-state index in [-0.39, 0.29) is 36.8 Å². The highest BCUT2D eigenvalue weighted by Gasteiger charge is 2.53. The summed E-state index contributed by atoms with van der Waals surface area (Å²) in [6.45, 7) is 3.65. The van der Waals surface area contributed by atoms with Crippen LogP contribution in [0.1, 0.15) is 84.2 Å². The molecule has 3 aliphatic rings. The molecule has 12 nitrogen and oxygen atoms in total. The first kappa shape index (κ1) is 27.2. The predicted molar refractivity (Wildman–Crippen MR) is 133 cm³/mol. The minimum absolute atomic E-state index is 0.0201. The second-order valence-corrected chi connectivity index (χ2v) is 10.5. The Bertz CT molecular complexity index is 1290. The molecule has 40 heavy (non-hydrogen) atoms. The molecule has 3 heterocycles. The normalized spacial score (nSPS) is 20.4. The highest BCUT2D eigenvalue weighted by Crippen LogP contribution is 2.50. The van der Waals surface area contributed by atoms with Crippen LogP contribution in [0.5, 0.6) is 0 Å². The molecule has 0 N–H and O–H groups in total. The maximum Gasteiger partial charge on any atom is 0.363 e. The van der Waals surface area contributed by atoms with Crippen molar-refractivity contribution in [3.8, 4) is 0 Å². The van der Waals surface area contributed by atoms with Gasteiger partial charge in [0.1, 0.15) is 0 Å². The van der Waals surface area contributed by atoms with Crippen LogP contribution in [0, 0.1) is 0 Å². The van der Waals surface area contributed by atoms with Gasteiger partial charge in [-0.15, -0.1) is 20.4 Å². The number of amides is 4. The Kier molecular flexibility index (Phi) is 6.76. The van der Waals surface area contributed by atoms with Gasteiger partial charge in [0.05, 0.1) is 16.7 Å². The lowest BCUT2D eigenvalue weighted by Crippen LogP contribution is -2.47. The number of nitrogens with zero attached hydrogens (tertiary/aromatic N) is 3. The summed E-state index contributed by atoms with van der Waals surface area (Å²) in [5.74, 6) is -4.12. The third-order valence-corrected chi connectivity index (χ3v) is 7.55. The molecule has 0 atom stereocenters. The Morgan fingerprint density at radius 3 is 1.27 bits per heavy atom. The summed E-state index contributed by atoms with van der Waals surface area (Å²) in [6.07, 6.45) is 0.913. The molecule has 12 heteroatoms. The van der Waals surface area contributed by atoms with Gasteiger partial charge in [-0.3, -0.25) is 19.2 Å². The Labute approximate surface area is 228 Å². The highest BCUT2D eigenvalue weighted by atomic mass is 16.7. The average molecular weight is 549 g/mol. The van der Waals surface area contributed by atoms with E-state index in [1.807, 2.05) is 13.8 Å². The molecule has 3 saturated heterocycles. The monoisotopic (exact) mass is 548 g/mol. The van der Waals surface area contributed by atoms with E-state index < -0.39 is 46.6 Å². The fourth-order valence-electron chi connectivity index (χ4n) is 5.25. The van der Waals surface area contributed by atoms with Crippen LogP contribution in [0.25, 0.3) is 0 Å². The number of imide groups is 2. The Hall–Kier alpha value is -4.42. The first-order valence-corrected chi connectivity index (χ1v) is 12.8. The zero-order valence-electron chi connectivity index (χ0n) is 21.9. The maximum absolute atomic E-state index is 13.8. The van der Waals surface area contributed by atoms with Crippen molar-refractivity contribution in [3.63, 3.8) is 0 Å². The molecule has 0 bridgehead atoms. The lowest BCUT2D eigenvalue weighted by molar-refractivity contribution is -0.246. The van der Waals surface area contributed by atoms with Crippen molar-refractivity contribution in [3.05, 3.63) is 70.8 Å². The van der Waals surface area contributed by atoms with Crippen molar-refractivity contribution >= 4 is 35.6 Å². The van der Waals surface area contributed by atoms with Crippen molar-refractivity contribution < 1.29 is 43.6 Å². The van der Waals surface area contributed by atoms with Crippen LogP contribution in [0.4, 0.5) is 0 Å². The number of carbonyl (C=O) groups is 6. The Morgan fingerprint density at radius 2 is 0.975 bits per heavy atom. The first-order chi connectivity index (χ1) is 18.9. The zero-order chi connectivity index (χ0) is 28.8. The van der Waals surface area contributed by atoms with Gasteiger partial charge in [-0.1, -0.05) is 24.3 Å². The van der Waals surface area contributed by atoms with Gasteiger partial charge in [0.15, 0.2) is 0 Å². The molecule has 0 unspecified atom stereocenters. The summed E-state index contributed by atoms with van der Waals surface area (Å²) < 4.78 is 0. The van der Waals surface area contributed by atoms with Gasteiger partial charge in [0, 0.05) is 31.2 Å². The molecule has 4 amide bonds.